The van der Waals surface area contributed by atoms with E-state index in [1.165, 1.54) is 0 Å². The molecular weight excluding hydrogens is 268 g/mol. The van der Waals surface area contributed by atoms with Crippen LogP contribution in [-0.4, -0.2) is 48.2 Å². The van der Waals surface area contributed by atoms with Crippen LogP contribution in [0.1, 0.15) is 27.7 Å². The molecule has 0 saturated heterocycles. The summed E-state index contributed by atoms with van der Waals surface area (Å²) in [6.07, 6.45) is 1.50. The lowest BCUT2D eigenvalue weighted by Gasteiger charge is -2.25. The van der Waals surface area contributed by atoms with E-state index in [1.54, 1.807) is 27.7 Å². The molecule has 0 rings (SSSR count). The van der Waals surface area contributed by atoms with Crippen LogP contribution in [0.2, 0.25) is 0 Å². The van der Waals surface area contributed by atoms with Gasteiger partial charge in [0, 0.05) is 5.41 Å². The molecule has 0 heterocycles. The first-order valence-corrected chi connectivity index (χ1v) is 5.55. The lowest BCUT2D eigenvalue weighted by Crippen LogP contribution is -2.34. The molecule has 4 N–H and O–H groups in total. The molecule has 0 amide bonds. The van der Waals surface area contributed by atoms with E-state index in [2.05, 4.69) is 0 Å². The third kappa shape index (κ3) is 14.2. The highest BCUT2D eigenvalue weighted by Crippen LogP contribution is 2.19. The van der Waals surface area contributed by atoms with E-state index in [-0.39, 0.29) is 19.8 Å². The molecule has 0 aromatic rings. The molecule has 0 bridgehead atoms. The molecule has 0 fully saturated rings. The topological polar surface area (TPSA) is 149 Å². The standard InChI is InChI=1S/C10H20O4.2CHNO/c1-9(2,5-11)7-14-8(13)10(3,4)6-12;2*2-1-3/h11-12H,5-7H2,1-4H3;2*2H. The quantitative estimate of drug-likeness (QED) is 0.326. The zero-order valence-electron chi connectivity index (χ0n) is 12.1. The van der Waals surface area contributed by atoms with Gasteiger partial charge < -0.3 is 14.9 Å². The molecule has 0 aliphatic rings. The van der Waals surface area contributed by atoms with Crippen LogP contribution in [0, 0.1) is 21.6 Å². The number of nitrogens with one attached hydrogen (secondary N) is 2. The van der Waals surface area contributed by atoms with Crippen molar-refractivity contribution in [3.63, 3.8) is 0 Å². The molecule has 8 nitrogen and oxygen atoms in total. The lowest BCUT2D eigenvalue weighted by molar-refractivity contribution is -0.159. The van der Waals surface area contributed by atoms with Crippen LogP contribution in [0.4, 0.5) is 0 Å². The fourth-order valence-electron chi connectivity index (χ4n) is 0.566. The van der Waals surface area contributed by atoms with Gasteiger partial charge in [-0.1, -0.05) is 13.8 Å². The van der Waals surface area contributed by atoms with Crippen LogP contribution in [0.25, 0.3) is 0 Å². The Kier molecular flexibility index (Phi) is 14.2. The van der Waals surface area contributed by atoms with Gasteiger partial charge in [0.25, 0.3) is 0 Å². The molecule has 0 aliphatic heterocycles. The molecule has 0 spiro atoms. The summed E-state index contributed by atoms with van der Waals surface area (Å²) >= 11 is 0. The average molecular weight is 290 g/mol. The molecule has 20 heavy (non-hydrogen) atoms. The smallest absolute Gasteiger partial charge is 0.313 e. The van der Waals surface area contributed by atoms with Crippen molar-refractivity contribution >= 4 is 18.1 Å². The Hall–Kier alpha value is -1.85. The van der Waals surface area contributed by atoms with Crippen molar-refractivity contribution < 1.29 is 29.3 Å². The number of carbonyl (C=O) groups excluding carboxylic acids is 3. The van der Waals surface area contributed by atoms with Gasteiger partial charge in [0.1, 0.15) is 0 Å². The second kappa shape index (κ2) is 12.2. The van der Waals surface area contributed by atoms with Crippen LogP contribution in [-0.2, 0) is 19.1 Å². The number of ether oxygens (including phenoxy) is 1. The van der Waals surface area contributed by atoms with E-state index in [0.29, 0.717) is 0 Å². The van der Waals surface area contributed by atoms with Gasteiger partial charge in [-0.15, -0.1) is 0 Å². The number of carbonyl (C=O) groups is 1. The fourth-order valence-corrected chi connectivity index (χ4v) is 0.566. The number of aliphatic hydroxyl groups excluding tert-OH is 2. The Morgan fingerprint density at radius 3 is 1.65 bits per heavy atom. The summed E-state index contributed by atoms with van der Waals surface area (Å²) in [4.78, 5) is 28.1. The first-order chi connectivity index (χ1) is 9.08. The maximum atomic E-state index is 11.4. The number of rotatable bonds is 5. The van der Waals surface area contributed by atoms with Crippen LogP contribution >= 0.6 is 0 Å². The molecule has 0 aromatic carbocycles. The highest BCUT2D eigenvalue weighted by Gasteiger charge is 2.30. The Labute approximate surface area is 117 Å². The molecule has 0 atom stereocenters. The summed E-state index contributed by atoms with van der Waals surface area (Å²) in [6, 6.07) is 0. The van der Waals surface area contributed by atoms with E-state index in [4.69, 9.17) is 35.4 Å². The van der Waals surface area contributed by atoms with Gasteiger partial charge in [0.15, 0.2) is 0 Å². The van der Waals surface area contributed by atoms with E-state index in [0.717, 1.165) is 12.2 Å². The van der Waals surface area contributed by atoms with Crippen molar-refractivity contribution in [2.45, 2.75) is 27.7 Å². The highest BCUT2D eigenvalue weighted by atomic mass is 16.5. The second-order valence-corrected chi connectivity index (χ2v) is 5.14. The van der Waals surface area contributed by atoms with Crippen LogP contribution in [0.5, 0.6) is 0 Å². The minimum atomic E-state index is -0.870. The number of aliphatic hydroxyl groups is 2. The molecule has 0 aromatic heterocycles. The number of hydrogen-bond donors (Lipinski definition) is 4. The third-order valence-electron chi connectivity index (χ3n) is 1.97. The predicted molar refractivity (Wildman–Crippen MR) is 69.5 cm³/mol. The summed E-state index contributed by atoms with van der Waals surface area (Å²) in [5, 5.41) is 28.6. The van der Waals surface area contributed by atoms with Crippen LogP contribution in [0.3, 0.4) is 0 Å². The van der Waals surface area contributed by atoms with Gasteiger partial charge in [0.05, 0.1) is 25.2 Å². The van der Waals surface area contributed by atoms with Crippen molar-refractivity contribution in [2.75, 3.05) is 19.8 Å². The van der Waals surface area contributed by atoms with Gasteiger partial charge in [-0.05, 0) is 13.8 Å². The average Bonchev–Trinajstić information content (AvgIpc) is 2.38. The molecule has 0 aliphatic carbocycles. The van der Waals surface area contributed by atoms with Gasteiger partial charge in [-0.2, -0.15) is 0 Å². The summed E-state index contributed by atoms with van der Waals surface area (Å²) in [7, 11) is 0. The van der Waals surface area contributed by atoms with Gasteiger partial charge in [-0.25, -0.2) is 20.4 Å². The first-order valence-electron chi connectivity index (χ1n) is 5.55. The normalized spacial score (nSPS) is 9.70. The zero-order valence-corrected chi connectivity index (χ0v) is 12.1. The van der Waals surface area contributed by atoms with Crippen molar-refractivity contribution in [1.29, 1.82) is 10.8 Å². The SMILES string of the molecule is CC(C)(CO)COC(=O)C(C)(C)CO.N=C=O.N=C=O. The molecule has 8 heteroatoms. The Balaban J connectivity index is -0.000000408. The fraction of sp³-hybridized carbons (Fsp3) is 0.750. The predicted octanol–water partition coefficient (Wildman–Crippen LogP) is 0.369. The number of esters is 1. The molecule has 0 saturated carbocycles. The second-order valence-electron chi connectivity index (χ2n) is 5.14. The van der Waals surface area contributed by atoms with Crippen molar-refractivity contribution in [3.8, 4) is 0 Å². The monoisotopic (exact) mass is 290 g/mol. The van der Waals surface area contributed by atoms with Gasteiger partial charge in [0.2, 0.25) is 12.2 Å². The molecule has 116 valence electrons. The maximum absolute atomic E-state index is 11.4. The van der Waals surface area contributed by atoms with E-state index in [1.807, 2.05) is 0 Å². The first kappa shape index (κ1) is 23.3. The number of isocyanates is 2. The zero-order chi connectivity index (χ0) is 16.8. The van der Waals surface area contributed by atoms with Crippen LogP contribution < -0.4 is 0 Å². The summed E-state index contributed by atoms with van der Waals surface area (Å²) in [5.41, 5.74) is -1.30. The summed E-state index contributed by atoms with van der Waals surface area (Å²) in [6.45, 7) is 6.69. The highest BCUT2D eigenvalue weighted by molar-refractivity contribution is 5.76. The number of hydrogen-bond acceptors (Lipinski definition) is 8. The van der Waals surface area contributed by atoms with Crippen LogP contribution in [0.15, 0.2) is 0 Å². The Morgan fingerprint density at radius 2 is 1.40 bits per heavy atom. The molecule has 0 radical (unpaired) electrons. The van der Waals surface area contributed by atoms with Crippen molar-refractivity contribution in [2.24, 2.45) is 10.8 Å². The molecule has 0 unspecified atom stereocenters. The van der Waals surface area contributed by atoms with Gasteiger partial charge in [-0.3, -0.25) is 4.79 Å². The van der Waals surface area contributed by atoms with E-state index >= 15 is 0 Å². The maximum Gasteiger partial charge on any atom is 0.313 e. The molecular formula is C12H22N2O6. The largest absolute Gasteiger partial charge is 0.465 e. The summed E-state index contributed by atoms with van der Waals surface area (Å²) < 4.78 is 4.99. The van der Waals surface area contributed by atoms with Gasteiger partial charge >= 0.3 is 5.97 Å². The third-order valence-corrected chi connectivity index (χ3v) is 1.97. The summed E-state index contributed by atoms with van der Waals surface area (Å²) in [5.74, 6) is -0.443. The minimum absolute atomic E-state index is 0.0418. The Morgan fingerprint density at radius 1 is 1.05 bits per heavy atom. The minimum Gasteiger partial charge on any atom is -0.465 e. The van der Waals surface area contributed by atoms with Crippen molar-refractivity contribution in [3.05, 3.63) is 0 Å². The van der Waals surface area contributed by atoms with Crippen molar-refractivity contribution in [1.82, 2.24) is 0 Å². The Bertz CT molecular complexity index is 328. The van der Waals surface area contributed by atoms with E-state index in [9.17, 15) is 4.79 Å². The lowest BCUT2D eigenvalue weighted by atomic mass is 9.94. The van der Waals surface area contributed by atoms with E-state index < -0.39 is 16.8 Å².